The van der Waals surface area contributed by atoms with E-state index in [1.807, 2.05) is 6.92 Å². The predicted octanol–water partition coefficient (Wildman–Crippen LogP) is 1.17. The van der Waals surface area contributed by atoms with Crippen molar-refractivity contribution in [3.8, 4) is 5.69 Å². The molecule has 0 unspecified atom stereocenters. The number of rotatable bonds is 2. The van der Waals surface area contributed by atoms with Crippen LogP contribution in [0.2, 0.25) is 0 Å². The SMILES string of the molecule is Cc1cn(-c2cccc(S(C)(=O)=O)c2)nc1N. The molecule has 1 aromatic carbocycles. The van der Waals surface area contributed by atoms with E-state index in [1.165, 1.54) is 6.26 Å². The predicted molar refractivity (Wildman–Crippen MR) is 65.8 cm³/mol. The van der Waals surface area contributed by atoms with Crippen molar-refractivity contribution >= 4 is 15.7 Å². The molecule has 0 fully saturated rings. The molecule has 0 saturated carbocycles. The fourth-order valence-corrected chi connectivity index (χ4v) is 2.12. The second-order valence-corrected chi connectivity index (χ2v) is 5.93. The molecular weight excluding hydrogens is 238 g/mol. The lowest BCUT2D eigenvalue weighted by Crippen LogP contribution is -2.01. The van der Waals surface area contributed by atoms with Gasteiger partial charge in [0, 0.05) is 18.0 Å². The molecule has 1 aromatic heterocycles. The highest BCUT2D eigenvalue weighted by molar-refractivity contribution is 7.90. The van der Waals surface area contributed by atoms with E-state index in [-0.39, 0.29) is 4.90 Å². The van der Waals surface area contributed by atoms with Crippen LogP contribution in [0.1, 0.15) is 5.56 Å². The van der Waals surface area contributed by atoms with Crippen LogP contribution in [0.25, 0.3) is 5.69 Å². The fraction of sp³-hybridized carbons (Fsp3) is 0.182. The first-order valence-electron chi connectivity index (χ1n) is 5.00. The maximum absolute atomic E-state index is 11.4. The van der Waals surface area contributed by atoms with Gasteiger partial charge in [-0.25, -0.2) is 13.1 Å². The second kappa shape index (κ2) is 3.89. The number of benzene rings is 1. The van der Waals surface area contributed by atoms with Crippen LogP contribution < -0.4 is 5.73 Å². The Balaban J connectivity index is 2.54. The molecule has 0 radical (unpaired) electrons. The third-order valence-corrected chi connectivity index (χ3v) is 3.56. The lowest BCUT2D eigenvalue weighted by atomic mass is 10.3. The smallest absolute Gasteiger partial charge is 0.175 e. The van der Waals surface area contributed by atoms with Gasteiger partial charge in [0.1, 0.15) is 5.82 Å². The molecule has 0 spiro atoms. The molecule has 0 atom stereocenters. The molecule has 17 heavy (non-hydrogen) atoms. The molecule has 0 bridgehead atoms. The van der Waals surface area contributed by atoms with E-state index in [2.05, 4.69) is 5.10 Å². The van der Waals surface area contributed by atoms with Crippen LogP contribution in [0.4, 0.5) is 5.82 Å². The quantitative estimate of drug-likeness (QED) is 0.869. The minimum atomic E-state index is -3.21. The van der Waals surface area contributed by atoms with Crippen molar-refractivity contribution in [1.29, 1.82) is 0 Å². The number of nitrogens with two attached hydrogens (primary N) is 1. The number of hydrogen-bond donors (Lipinski definition) is 1. The summed E-state index contributed by atoms with van der Waals surface area (Å²) < 4.78 is 24.4. The monoisotopic (exact) mass is 251 g/mol. The third kappa shape index (κ3) is 2.31. The molecule has 0 aliphatic heterocycles. The highest BCUT2D eigenvalue weighted by Crippen LogP contribution is 2.16. The van der Waals surface area contributed by atoms with Crippen molar-refractivity contribution in [3.05, 3.63) is 36.0 Å². The Morgan fingerprint density at radius 1 is 1.35 bits per heavy atom. The number of aryl methyl sites for hydroxylation is 1. The zero-order valence-corrected chi connectivity index (χ0v) is 10.4. The van der Waals surface area contributed by atoms with Gasteiger partial charge < -0.3 is 5.73 Å². The van der Waals surface area contributed by atoms with Crippen molar-refractivity contribution in [2.24, 2.45) is 0 Å². The number of anilines is 1. The molecule has 90 valence electrons. The average molecular weight is 251 g/mol. The number of nitrogen functional groups attached to an aromatic ring is 1. The van der Waals surface area contributed by atoms with Gasteiger partial charge in [-0.1, -0.05) is 6.07 Å². The standard InChI is InChI=1S/C11H13N3O2S/c1-8-7-14(13-11(8)12)9-4-3-5-10(6-9)17(2,15)16/h3-7H,1-2H3,(H2,12,13). The Bertz CT molecular complexity index is 640. The molecule has 2 N–H and O–H groups in total. The van der Waals surface area contributed by atoms with E-state index in [1.54, 1.807) is 35.1 Å². The summed E-state index contributed by atoms with van der Waals surface area (Å²) in [4.78, 5) is 0.265. The summed E-state index contributed by atoms with van der Waals surface area (Å²) in [5.74, 6) is 0.440. The number of nitrogens with zero attached hydrogens (tertiary/aromatic N) is 2. The van der Waals surface area contributed by atoms with E-state index in [9.17, 15) is 8.42 Å². The summed E-state index contributed by atoms with van der Waals surface area (Å²) in [5.41, 5.74) is 7.18. The van der Waals surface area contributed by atoms with Gasteiger partial charge in [0.25, 0.3) is 0 Å². The van der Waals surface area contributed by atoms with Crippen LogP contribution in [0, 0.1) is 6.92 Å². The van der Waals surface area contributed by atoms with Crippen LogP contribution >= 0.6 is 0 Å². The van der Waals surface area contributed by atoms with Crippen molar-refractivity contribution in [2.75, 3.05) is 12.0 Å². The Morgan fingerprint density at radius 2 is 2.06 bits per heavy atom. The van der Waals surface area contributed by atoms with Gasteiger partial charge in [-0.05, 0) is 25.1 Å². The van der Waals surface area contributed by atoms with E-state index >= 15 is 0 Å². The minimum absolute atomic E-state index is 0.265. The molecule has 0 saturated heterocycles. The molecule has 0 amide bonds. The molecule has 0 aliphatic carbocycles. The average Bonchev–Trinajstić information content (AvgIpc) is 2.58. The van der Waals surface area contributed by atoms with Crippen LogP contribution in [-0.2, 0) is 9.84 Å². The first kappa shape index (κ1) is 11.7. The summed E-state index contributed by atoms with van der Waals surface area (Å²) in [5, 5.41) is 4.10. The summed E-state index contributed by atoms with van der Waals surface area (Å²) in [7, 11) is -3.21. The zero-order valence-electron chi connectivity index (χ0n) is 9.58. The fourth-order valence-electron chi connectivity index (χ4n) is 1.46. The maximum atomic E-state index is 11.4. The third-order valence-electron chi connectivity index (χ3n) is 2.45. The minimum Gasteiger partial charge on any atom is -0.382 e. The first-order chi connectivity index (χ1) is 7.88. The van der Waals surface area contributed by atoms with Gasteiger partial charge in [-0.2, -0.15) is 5.10 Å². The molecule has 2 rings (SSSR count). The first-order valence-corrected chi connectivity index (χ1v) is 6.89. The highest BCUT2D eigenvalue weighted by Gasteiger charge is 2.09. The van der Waals surface area contributed by atoms with E-state index in [4.69, 9.17) is 5.73 Å². The maximum Gasteiger partial charge on any atom is 0.175 e. The van der Waals surface area contributed by atoms with Gasteiger partial charge in [0.05, 0.1) is 10.6 Å². The van der Waals surface area contributed by atoms with Crippen LogP contribution in [-0.4, -0.2) is 24.5 Å². The number of aromatic nitrogens is 2. The Hall–Kier alpha value is -1.82. The molecular formula is C11H13N3O2S. The van der Waals surface area contributed by atoms with Gasteiger partial charge in [-0.15, -0.1) is 0 Å². The molecule has 6 heteroatoms. The summed E-state index contributed by atoms with van der Waals surface area (Å²) in [6.07, 6.45) is 2.94. The summed E-state index contributed by atoms with van der Waals surface area (Å²) in [6.45, 7) is 1.85. The Kier molecular flexibility index (Phi) is 2.66. The van der Waals surface area contributed by atoms with Crippen LogP contribution in [0.3, 0.4) is 0 Å². The molecule has 0 aliphatic rings. The van der Waals surface area contributed by atoms with Crippen molar-refractivity contribution < 1.29 is 8.42 Å². The molecule has 5 nitrogen and oxygen atoms in total. The summed E-state index contributed by atoms with van der Waals surface area (Å²) in [6, 6.07) is 6.58. The largest absolute Gasteiger partial charge is 0.382 e. The van der Waals surface area contributed by atoms with E-state index in [0.29, 0.717) is 11.5 Å². The van der Waals surface area contributed by atoms with Gasteiger partial charge in [-0.3, -0.25) is 0 Å². The van der Waals surface area contributed by atoms with Gasteiger partial charge >= 0.3 is 0 Å². The van der Waals surface area contributed by atoms with Crippen molar-refractivity contribution in [1.82, 2.24) is 9.78 Å². The highest BCUT2D eigenvalue weighted by atomic mass is 32.2. The van der Waals surface area contributed by atoms with E-state index in [0.717, 1.165) is 5.56 Å². The lowest BCUT2D eigenvalue weighted by molar-refractivity contribution is 0.601. The summed E-state index contributed by atoms with van der Waals surface area (Å²) >= 11 is 0. The van der Waals surface area contributed by atoms with Crippen molar-refractivity contribution in [2.45, 2.75) is 11.8 Å². The number of sulfone groups is 1. The van der Waals surface area contributed by atoms with Gasteiger partial charge in [0.15, 0.2) is 9.84 Å². The molecule has 2 aromatic rings. The van der Waals surface area contributed by atoms with Gasteiger partial charge in [0.2, 0.25) is 0 Å². The van der Waals surface area contributed by atoms with Crippen molar-refractivity contribution in [3.63, 3.8) is 0 Å². The lowest BCUT2D eigenvalue weighted by Gasteiger charge is -2.03. The normalized spacial score (nSPS) is 11.6. The Labute approximate surface area is 99.8 Å². The zero-order chi connectivity index (χ0) is 12.6. The second-order valence-electron chi connectivity index (χ2n) is 3.91. The Morgan fingerprint density at radius 3 is 2.59 bits per heavy atom. The van der Waals surface area contributed by atoms with Crippen LogP contribution in [0.5, 0.6) is 0 Å². The van der Waals surface area contributed by atoms with E-state index < -0.39 is 9.84 Å². The van der Waals surface area contributed by atoms with Crippen LogP contribution in [0.15, 0.2) is 35.4 Å². The number of hydrogen-bond acceptors (Lipinski definition) is 4. The topological polar surface area (TPSA) is 78.0 Å². The molecule has 1 heterocycles.